The SMILES string of the molecule is CCOC(=O)c1ccc2c(c1)nc(SCC(=O)NC[C@H]1CCCO1)n2Cc1ccccc1. The molecule has 8 heteroatoms. The van der Waals surface area contributed by atoms with Crippen LogP contribution in [0.2, 0.25) is 0 Å². The molecule has 1 aromatic heterocycles. The van der Waals surface area contributed by atoms with Crippen LogP contribution in [-0.2, 0) is 20.8 Å². The summed E-state index contributed by atoms with van der Waals surface area (Å²) < 4.78 is 12.8. The molecule has 1 aliphatic rings. The normalized spacial score (nSPS) is 15.7. The van der Waals surface area contributed by atoms with Crippen molar-refractivity contribution in [3.05, 3.63) is 59.7 Å². The van der Waals surface area contributed by atoms with Crippen molar-refractivity contribution in [3.8, 4) is 0 Å². The van der Waals surface area contributed by atoms with E-state index in [-0.39, 0.29) is 23.7 Å². The van der Waals surface area contributed by atoms with E-state index in [0.29, 0.717) is 30.8 Å². The minimum absolute atomic E-state index is 0.0453. The quantitative estimate of drug-likeness (QED) is 0.393. The molecule has 0 bridgehead atoms. The number of imidazole rings is 1. The maximum absolute atomic E-state index is 12.4. The number of carbonyl (C=O) groups is 2. The van der Waals surface area contributed by atoms with E-state index < -0.39 is 0 Å². The number of carbonyl (C=O) groups excluding carboxylic acids is 2. The molecule has 4 rings (SSSR count). The highest BCUT2D eigenvalue weighted by atomic mass is 32.2. The lowest BCUT2D eigenvalue weighted by Gasteiger charge is -2.11. The topological polar surface area (TPSA) is 82.4 Å². The summed E-state index contributed by atoms with van der Waals surface area (Å²) in [6.07, 6.45) is 2.16. The summed E-state index contributed by atoms with van der Waals surface area (Å²) in [5.41, 5.74) is 3.21. The van der Waals surface area contributed by atoms with Crippen molar-refractivity contribution in [2.24, 2.45) is 0 Å². The largest absolute Gasteiger partial charge is 0.462 e. The minimum Gasteiger partial charge on any atom is -0.462 e. The maximum atomic E-state index is 12.4. The molecule has 0 radical (unpaired) electrons. The molecule has 7 nitrogen and oxygen atoms in total. The molecule has 1 atom stereocenters. The lowest BCUT2D eigenvalue weighted by molar-refractivity contribution is -0.119. The number of amides is 1. The van der Waals surface area contributed by atoms with Crippen LogP contribution in [0.15, 0.2) is 53.7 Å². The first-order valence-electron chi connectivity index (χ1n) is 10.9. The molecular weight excluding hydrogens is 426 g/mol. The van der Waals surface area contributed by atoms with Gasteiger partial charge in [-0.15, -0.1) is 0 Å². The Labute approximate surface area is 191 Å². The number of benzene rings is 2. The Bertz CT molecular complexity index is 1080. The summed E-state index contributed by atoms with van der Waals surface area (Å²) in [6.45, 7) is 4.04. The zero-order valence-electron chi connectivity index (χ0n) is 18.1. The maximum Gasteiger partial charge on any atom is 0.338 e. The summed E-state index contributed by atoms with van der Waals surface area (Å²) in [5, 5.41) is 3.69. The number of nitrogens with one attached hydrogen (secondary N) is 1. The second-order valence-electron chi connectivity index (χ2n) is 7.62. The van der Waals surface area contributed by atoms with Crippen molar-refractivity contribution < 1.29 is 19.1 Å². The van der Waals surface area contributed by atoms with Crippen LogP contribution >= 0.6 is 11.8 Å². The first-order valence-corrected chi connectivity index (χ1v) is 11.8. The average Bonchev–Trinajstić information content (AvgIpc) is 3.45. The zero-order chi connectivity index (χ0) is 22.3. The van der Waals surface area contributed by atoms with E-state index in [1.54, 1.807) is 19.1 Å². The van der Waals surface area contributed by atoms with Gasteiger partial charge < -0.3 is 19.4 Å². The van der Waals surface area contributed by atoms with E-state index in [9.17, 15) is 9.59 Å². The molecule has 2 heterocycles. The van der Waals surface area contributed by atoms with Gasteiger partial charge >= 0.3 is 5.97 Å². The van der Waals surface area contributed by atoms with Gasteiger partial charge in [0.25, 0.3) is 0 Å². The Morgan fingerprint density at radius 1 is 1.25 bits per heavy atom. The smallest absolute Gasteiger partial charge is 0.338 e. The molecule has 3 aromatic rings. The van der Waals surface area contributed by atoms with Crippen LogP contribution in [0.4, 0.5) is 0 Å². The van der Waals surface area contributed by atoms with Gasteiger partial charge in [-0.2, -0.15) is 0 Å². The number of nitrogens with zero attached hydrogens (tertiary/aromatic N) is 2. The van der Waals surface area contributed by atoms with Crippen molar-refractivity contribution in [1.29, 1.82) is 0 Å². The van der Waals surface area contributed by atoms with Gasteiger partial charge in [-0.1, -0.05) is 42.1 Å². The fourth-order valence-corrected chi connectivity index (χ4v) is 4.54. The Morgan fingerprint density at radius 2 is 2.09 bits per heavy atom. The Morgan fingerprint density at radius 3 is 2.84 bits per heavy atom. The van der Waals surface area contributed by atoms with Crippen LogP contribution in [-0.4, -0.2) is 53.0 Å². The molecule has 0 unspecified atom stereocenters. The number of rotatable bonds is 9. The van der Waals surface area contributed by atoms with Gasteiger partial charge in [-0.05, 0) is 43.5 Å². The molecule has 0 saturated carbocycles. The predicted octanol–water partition coefficient (Wildman–Crippen LogP) is 3.65. The van der Waals surface area contributed by atoms with Gasteiger partial charge in [0.05, 0.1) is 41.6 Å². The van der Waals surface area contributed by atoms with Crippen LogP contribution in [0.3, 0.4) is 0 Å². The van der Waals surface area contributed by atoms with Crippen LogP contribution in [0.5, 0.6) is 0 Å². The van der Waals surface area contributed by atoms with Gasteiger partial charge in [0.15, 0.2) is 5.16 Å². The number of hydrogen-bond donors (Lipinski definition) is 1. The summed E-state index contributed by atoms with van der Waals surface area (Å²) in [7, 11) is 0. The monoisotopic (exact) mass is 453 g/mol. The molecule has 1 amide bonds. The standard InChI is InChI=1S/C24H27N3O4S/c1-2-30-23(29)18-10-11-21-20(13-18)26-24(27(21)15-17-7-4-3-5-8-17)32-16-22(28)25-14-19-9-6-12-31-19/h3-5,7-8,10-11,13,19H,2,6,9,12,14-16H2,1H3,(H,25,28)/t19-/m1/s1. The summed E-state index contributed by atoms with van der Waals surface area (Å²) >= 11 is 1.39. The van der Waals surface area contributed by atoms with E-state index in [1.807, 2.05) is 24.3 Å². The molecule has 1 aliphatic heterocycles. The highest BCUT2D eigenvalue weighted by molar-refractivity contribution is 7.99. The van der Waals surface area contributed by atoms with Crippen LogP contribution in [0, 0.1) is 0 Å². The minimum atomic E-state index is -0.366. The van der Waals surface area contributed by atoms with E-state index in [0.717, 1.165) is 35.7 Å². The van der Waals surface area contributed by atoms with E-state index in [2.05, 4.69) is 22.0 Å². The van der Waals surface area contributed by atoms with E-state index >= 15 is 0 Å². The number of thioether (sulfide) groups is 1. The Hall–Kier alpha value is -2.84. The molecule has 1 fully saturated rings. The van der Waals surface area contributed by atoms with Crippen LogP contribution < -0.4 is 5.32 Å². The summed E-state index contributed by atoms with van der Waals surface area (Å²) in [6, 6.07) is 15.5. The molecule has 0 aliphatic carbocycles. The van der Waals surface area contributed by atoms with E-state index in [4.69, 9.17) is 14.5 Å². The van der Waals surface area contributed by atoms with Crippen molar-refractivity contribution in [3.63, 3.8) is 0 Å². The van der Waals surface area contributed by atoms with Crippen molar-refractivity contribution in [2.75, 3.05) is 25.5 Å². The lowest BCUT2D eigenvalue weighted by Crippen LogP contribution is -2.32. The van der Waals surface area contributed by atoms with Crippen LogP contribution in [0.1, 0.15) is 35.7 Å². The summed E-state index contributed by atoms with van der Waals surface area (Å²) in [5.74, 6) is -0.152. The Kier molecular flexibility index (Phi) is 7.44. The highest BCUT2D eigenvalue weighted by Crippen LogP contribution is 2.26. The van der Waals surface area contributed by atoms with E-state index in [1.165, 1.54) is 11.8 Å². The van der Waals surface area contributed by atoms with Gasteiger partial charge in [-0.3, -0.25) is 4.79 Å². The van der Waals surface area contributed by atoms with Gasteiger partial charge in [0.1, 0.15) is 0 Å². The average molecular weight is 454 g/mol. The molecule has 0 spiro atoms. The third-order valence-corrected chi connectivity index (χ3v) is 6.27. The van der Waals surface area contributed by atoms with Gasteiger partial charge in [0, 0.05) is 13.2 Å². The number of fused-ring (bicyclic) bond motifs is 1. The van der Waals surface area contributed by atoms with Gasteiger partial charge in [-0.25, -0.2) is 9.78 Å². The fourth-order valence-electron chi connectivity index (χ4n) is 3.69. The first kappa shape index (κ1) is 22.4. The van der Waals surface area contributed by atoms with Crippen LogP contribution in [0.25, 0.3) is 11.0 Å². The molecule has 1 N–H and O–H groups in total. The first-order chi connectivity index (χ1) is 15.6. The third kappa shape index (κ3) is 5.49. The predicted molar refractivity (Wildman–Crippen MR) is 124 cm³/mol. The zero-order valence-corrected chi connectivity index (χ0v) is 18.9. The molecular formula is C24H27N3O4S. The van der Waals surface area contributed by atoms with Crippen molar-refractivity contribution in [1.82, 2.24) is 14.9 Å². The molecule has 1 saturated heterocycles. The Balaban J connectivity index is 1.53. The lowest BCUT2D eigenvalue weighted by atomic mass is 10.2. The van der Waals surface area contributed by atoms with Crippen molar-refractivity contribution in [2.45, 2.75) is 37.6 Å². The molecule has 2 aromatic carbocycles. The molecule has 168 valence electrons. The number of hydrogen-bond acceptors (Lipinski definition) is 6. The second-order valence-corrected chi connectivity index (χ2v) is 8.56. The summed E-state index contributed by atoms with van der Waals surface area (Å²) in [4.78, 5) is 29.3. The third-order valence-electron chi connectivity index (χ3n) is 5.29. The highest BCUT2D eigenvalue weighted by Gasteiger charge is 2.18. The number of aromatic nitrogens is 2. The second kappa shape index (κ2) is 10.7. The number of esters is 1. The molecule has 32 heavy (non-hydrogen) atoms. The fraction of sp³-hybridized carbons (Fsp3) is 0.375. The van der Waals surface area contributed by atoms with Gasteiger partial charge in [0.2, 0.25) is 5.91 Å². The number of ether oxygens (including phenoxy) is 2. The van der Waals surface area contributed by atoms with Crippen molar-refractivity contribution >= 4 is 34.7 Å².